The van der Waals surface area contributed by atoms with Gasteiger partial charge in [0.25, 0.3) is 0 Å². The lowest BCUT2D eigenvalue weighted by Gasteiger charge is -2.37. The third-order valence-corrected chi connectivity index (χ3v) is 6.29. The first-order valence-electron chi connectivity index (χ1n) is 11.8. The highest BCUT2D eigenvalue weighted by Gasteiger charge is 2.26. The second kappa shape index (κ2) is 11.1. The van der Waals surface area contributed by atoms with E-state index in [4.69, 9.17) is 4.74 Å². The van der Waals surface area contributed by atoms with Crippen molar-refractivity contribution in [3.05, 3.63) is 28.4 Å². The van der Waals surface area contributed by atoms with Crippen LogP contribution < -0.4 is 4.90 Å². The monoisotopic (exact) mass is 462 g/mol. The Balaban J connectivity index is 1.32. The van der Waals surface area contributed by atoms with E-state index < -0.39 is 10.5 Å². The van der Waals surface area contributed by atoms with Crippen LogP contribution in [0.3, 0.4) is 0 Å². The van der Waals surface area contributed by atoms with Crippen LogP contribution in [0, 0.1) is 16.0 Å². The highest BCUT2D eigenvalue weighted by Crippen LogP contribution is 2.24. The summed E-state index contributed by atoms with van der Waals surface area (Å²) >= 11 is 0. The number of amides is 1. The van der Waals surface area contributed by atoms with Crippen molar-refractivity contribution in [2.24, 2.45) is 5.92 Å². The van der Waals surface area contributed by atoms with Gasteiger partial charge in [0.2, 0.25) is 0 Å². The molecule has 1 amide bonds. The molecule has 2 aliphatic heterocycles. The fourth-order valence-corrected chi connectivity index (χ4v) is 4.37. The summed E-state index contributed by atoms with van der Waals surface area (Å²) in [5.74, 6) is 0.544. The summed E-state index contributed by atoms with van der Waals surface area (Å²) in [4.78, 5) is 35.3. The molecule has 10 nitrogen and oxygen atoms in total. The van der Waals surface area contributed by atoms with E-state index in [1.165, 1.54) is 6.07 Å². The van der Waals surface area contributed by atoms with Crippen molar-refractivity contribution in [1.82, 2.24) is 19.7 Å². The summed E-state index contributed by atoms with van der Waals surface area (Å²) in [5.41, 5.74) is 0.504. The largest absolute Gasteiger partial charge is 0.444 e. The molecule has 184 valence electrons. The summed E-state index contributed by atoms with van der Waals surface area (Å²) in [6.45, 7) is 13.9. The van der Waals surface area contributed by atoms with Gasteiger partial charge in [-0.1, -0.05) is 0 Å². The van der Waals surface area contributed by atoms with Gasteiger partial charge in [0.15, 0.2) is 6.20 Å². The minimum Gasteiger partial charge on any atom is -0.444 e. The number of piperidine rings is 1. The number of pyridine rings is 1. The fourth-order valence-electron chi connectivity index (χ4n) is 4.37. The van der Waals surface area contributed by atoms with Crippen molar-refractivity contribution in [1.29, 1.82) is 0 Å². The number of nitrogens with zero attached hydrogens (tertiary/aromatic N) is 6. The first-order chi connectivity index (χ1) is 15.6. The van der Waals surface area contributed by atoms with Crippen LogP contribution in [0.25, 0.3) is 0 Å². The molecule has 2 saturated heterocycles. The quantitative estimate of drug-likeness (QED) is 0.451. The molecule has 0 radical (unpaired) electrons. The number of hydrogen-bond acceptors (Lipinski definition) is 8. The molecule has 10 heteroatoms. The van der Waals surface area contributed by atoms with E-state index >= 15 is 0 Å². The van der Waals surface area contributed by atoms with Crippen molar-refractivity contribution in [2.45, 2.75) is 39.2 Å². The van der Waals surface area contributed by atoms with Gasteiger partial charge in [0.1, 0.15) is 5.60 Å². The number of piperazine rings is 1. The molecule has 3 rings (SSSR count). The Morgan fingerprint density at radius 2 is 1.85 bits per heavy atom. The lowest BCUT2D eigenvalue weighted by atomic mass is 9.96. The van der Waals surface area contributed by atoms with Crippen LogP contribution in [-0.2, 0) is 4.74 Å². The molecular formula is C23H38N6O4. The molecule has 0 atom stereocenters. The molecule has 2 fully saturated rings. The van der Waals surface area contributed by atoms with E-state index in [9.17, 15) is 14.9 Å². The van der Waals surface area contributed by atoms with Crippen molar-refractivity contribution < 1.29 is 14.5 Å². The Labute approximate surface area is 196 Å². The average Bonchev–Trinajstić information content (AvgIpc) is 2.77. The molecule has 2 aliphatic rings. The van der Waals surface area contributed by atoms with Gasteiger partial charge in [-0.25, -0.2) is 4.79 Å². The summed E-state index contributed by atoms with van der Waals surface area (Å²) < 4.78 is 5.47. The van der Waals surface area contributed by atoms with E-state index in [1.54, 1.807) is 17.2 Å². The predicted molar refractivity (Wildman–Crippen MR) is 128 cm³/mol. The van der Waals surface area contributed by atoms with Crippen LogP contribution in [0.1, 0.15) is 33.6 Å². The third kappa shape index (κ3) is 7.82. The van der Waals surface area contributed by atoms with Gasteiger partial charge in [0.05, 0.1) is 5.69 Å². The Bertz CT molecular complexity index is 781. The van der Waals surface area contributed by atoms with E-state index in [2.05, 4.69) is 26.7 Å². The first-order valence-corrected chi connectivity index (χ1v) is 11.8. The second-order valence-corrected chi connectivity index (χ2v) is 10.1. The van der Waals surface area contributed by atoms with Gasteiger partial charge in [0, 0.05) is 65.0 Å². The number of aromatic nitrogens is 1. The van der Waals surface area contributed by atoms with Gasteiger partial charge < -0.3 is 29.6 Å². The lowest BCUT2D eigenvalue weighted by Crippen LogP contribution is -2.51. The van der Waals surface area contributed by atoms with Crippen LogP contribution in [0.5, 0.6) is 0 Å². The molecule has 0 bridgehead atoms. The van der Waals surface area contributed by atoms with Crippen molar-refractivity contribution in [3.63, 3.8) is 0 Å². The molecule has 1 aromatic rings. The number of likely N-dealkylation sites (N-methyl/N-ethyl adjacent to an activating group) is 1. The van der Waals surface area contributed by atoms with Gasteiger partial charge in [-0.05, 0) is 62.6 Å². The standard InChI is InChI=1S/C23H38N6O4/c1-23(2,3)33-22(30)28-15-13-26(14-16-28)12-11-25(4)18-19-7-9-27(10-8-19)20-5-6-21(24-17-20)29(31)32/h5-6,17,19H,7-16,18H2,1-4H3. The van der Waals surface area contributed by atoms with Crippen LogP contribution >= 0.6 is 0 Å². The highest BCUT2D eigenvalue weighted by molar-refractivity contribution is 5.68. The van der Waals surface area contributed by atoms with E-state index in [-0.39, 0.29) is 11.9 Å². The summed E-state index contributed by atoms with van der Waals surface area (Å²) in [5, 5.41) is 10.8. The smallest absolute Gasteiger partial charge is 0.410 e. The van der Waals surface area contributed by atoms with Crippen LogP contribution in [0.15, 0.2) is 18.3 Å². The van der Waals surface area contributed by atoms with E-state index in [0.717, 1.165) is 64.3 Å². The van der Waals surface area contributed by atoms with E-state index in [0.29, 0.717) is 19.0 Å². The number of carbonyl (C=O) groups is 1. The molecule has 0 saturated carbocycles. The third-order valence-electron chi connectivity index (χ3n) is 6.29. The first kappa shape index (κ1) is 25.2. The zero-order valence-corrected chi connectivity index (χ0v) is 20.4. The maximum Gasteiger partial charge on any atom is 0.410 e. The molecule has 0 aromatic carbocycles. The Morgan fingerprint density at radius 3 is 2.39 bits per heavy atom. The lowest BCUT2D eigenvalue weighted by molar-refractivity contribution is -0.389. The van der Waals surface area contributed by atoms with Crippen molar-refractivity contribution in [2.75, 3.05) is 70.9 Å². The Kier molecular flexibility index (Phi) is 8.47. The number of anilines is 1. The Hall–Kier alpha value is -2.46. The summed E-state index contributed by atoms with van der Waals surface area (Å²) in [6.07, 6.45) is 3.61. The number of rotatable bonds is 7. The number of carbonyl (C=O) groups excluding carboxylic acids is 1. The molecular weight excluding hydrogens is 424 g/mol. The van der Waals surface area contributed by atoms with Crippen LogP contribution in [0.4, 0.5) is 16.3 Å². The Morgan fingerprint density at radius 1 is 1.18 bits per heavy atom. The molecule has 33 heavy (non-hydrogen) atoms. The number of hydrogen-bond donors (Lipinski definition) is 0. The number of nitro groups is 1. The predicted octanol–water partition coefficient (Wildman–Crippen LogP) is 2.69. The minimum absolute atomic E-state index is 0.110. The molecule has 0 aliphatic carbocycles. The molecule has 3 heterocycles. The molecule has 0 spiro atoms. The molecule has 0 N–H and O–H groups in total. The topological polar surface area (TPSA) is 95.3 Å². The highest BCUT2D eigenvalue weighted by atomic mass is 16.6. The SMILES string of the molecule is CN(CCN1CCN(C(=O)OC(C)(C)C)CC1)CC1CCN(c2ccc([N+](=O)[O-])nc2)CC1. The normalized spacial score (nSPS) is 18.6. The average molecular weight is 463 g/mol. The van der Waals surface area contributed by atoms with Crippen molar-refractivity contribution in [3.8, 4) is 0 Å². The molecule has 1 aromatic heterocycles. The zero-order chi connectivity index (χ0) is 24.0. The summed E-state index contributed by atoms with van der Waals surface area (Å²) in [7, 11) is 2.18. The van der Waals surface area contributed by atoms with Gasteiger partial charge >= 0.3 is 11.9 Å². The minimum atomic E-state index is -0.466. The maximum atomic E-state index is 12.2. The van der Waals surface area contributed by atoms with Crippen LogP contribution in [0.2, 0.25) is 0 Å². The summed E-state index contributed by atoms with van der Waals surface area (Å²) in [6, 6.07) is 3.27. The van der Waals surface area contributed by atoms with Gasteiger partial charge in [-0.2, -0.15) is 0 Å². The van der Waals surface area contributed by atoms with E-state index in [1.807, 2.05) is 20.8 Å². The van der Waals surface area contributed by atoms with Crippen molar-refractivity contribution >= 4 is 17.6 Å². The van der Waals surface area contributed by atoms with Crippen LogP contribution in [-0.4, -0.2) is 102 Å². The maximum absolute atomic E-state index is 12.2. The van der Waals surface area contributed by atoms with Gasteiger partial charge in [-0.15, -0.1) is 0 Å². The van der Waals surface area contributed by atoms with Gasteiger partial charge in [-0.3, -0.25) is 4.90 Å². The fraction of sp³-hybridized carbons (Fsp3) is 0.739. The zero-order valence-electron chi connectivity index (χ0n) is 20.4. The second-order valence-electron chi connectivity index (χ2n) is 10.1. The molecule has 0 unspecified atom stereocenters. The number of ether oxygens (including phenoxy) is 1.